The van der Waals surface area contributed by atoms with Gasteiger partial charge >= 0.3 is 0 Å². The molecule has 0 radical (unpaired) electrons. The second-order valence-corrected chi connectivity index (χ2v) is 9.70. The molecule has 2 N–H and O–H groups in total. The predicted molar refractivity (Wildman–Crippen MR) is 130 cm³/mol. The van der Waals surface area contributed by atoms with Crippen molar-refractivity contribution in [2.75, 3.05) is 45.9 Å². The number of aliphatic hydroxyl groups is 1. The van der Waals surface area contributed by atoms with Gasteiger partial charge < -0.3 is 29.7 Å². The number of fused-ring (bicyclic) bond motifs is 1. The minimum atomic E-state index is -1.14. The summed E-state index contributed by atoms with van der Waals surface area (Å²) in [7, 11) is 0. The van der Waals surface area contributed by atoms with E-state index in [-0.39, 0.29) is 35.8 Å². The number of hydrogen-bond donors (Lipinski definition) is 2. The lowest BCUT2D eigenvalue weighted by atomic mass is 9.99. The van der Waals surface area contributed by atoms with Gasteiger partial charge in [-0.1, -0.05) is 18.2 Å². The third-order valence-corrected chi connectivity index (χ3v) is 7.19. The van der Waals surface area contributed by atoms with Crippen LogP contribution in [-0.2, 0) is 4.79 Å². The van der Waals surface area contributed by atoms with E-state index in [0.29, 0.717) is 43.8 Å². The van der Waals surface area contributed by atoms with E-state index in [2.05, 4.69) is 10.2 Å². The van der Waals surface area contributed by atoms with Gasteiger partial charge in [-0.05, 0) is 62.2 Å². The molecule has 3 unspecified atom stereocenters. The zero-order chi connectivity index (χ0) is 25.1. The molecule has 2 saturated heterocycles. The van der Waals surface area contributed by atoms with Crippen molar-refractivity contribution in [2.45, 2.75) is 31.4 Å². The highest BCUT2D eigenvalue weighted by Gasteiger charge is 2.35. The number of hydrogen-bond acceptors (Lipinski definition) is 6. The molecule has 3 aliphatic rings. The molecule has 8 nitrogen and oxygen atoms in total. The number of aliphatic hydroxyl groups excluding tert-OH is 1. The molecule has 5 rings (SSSR count). The molecule has 0 bridgehead atoms. The first kappa shape index (κ1) is 24.5. The van der Waals surface area contributed by atoms with Gasteiger partial charge in [0.25, 0.3) is 5.91 Å². The predicted octanol–water partition coefficient (Wildman–Crippen LogP) is 2.37. The van der Waals surface area contributed by atoms with Crippen molar-refractivity contribution in [1.29, 1.82) is 0 Å². The van der Waals surface area contributed by atoms with Crippen molar-refractivity contribution >= 4 is 11.8 Å². The van der Waals surface area contributed by atoms with Gasteiger partial charge in [-0.2, -0.15) is 0 Å². The zero-order valence-corrected chi connectivity index (χ0v) is 20.2. The van der Waals surface area contributed by atoms with Crippen LogP contribution in [0.1, 0.15) is 41.3 Å². The molecule has 2 amide bonds. The van der Waals surface area contributed by atoms with E-state index < -0.39 is 18.0 Å². The van der Waals surface area contributed by atoms with E-state index in [1.807, 2.05) is 18.2 Å². The quantitative estimate of drug-likeness (QED) is 0.611. The summed E-state index contributed by atoms with van der Waals surface area (Å²) < 4.78 is 25.6. The lowest BCUT2D eigenvalue weighted by molar-refractivity contribution is -0.126. The Hall–Kier alpha value is -3.17. The summed E-state index contributed by atoms with van der Waals surface area (Å²) in [5.41, 5.74) is 0.926. The zero-order valence-electron chi connectivity index (χ0n) is 20.2. The first-order chi connectivity index (χ1) is 17.5. The fourth-order valence-corrected chi connectivity index (χ4v) is 5.22. The number of benzene rings is 2. The molecular formula is C27H32FN3O5. The third kappa shape index (κ3) is 5.32. The number of likely N-dealkylation sites (tertiary alicyclic amines) is 2. The minimum Gasteiger partial charge on any atom is -0.486 e. The molecule has 0 aliphatic carbocycles. The molecule has 2 aromatic carbocycles. The molecule has 36 heavy (non-hydrogen) atoms. The van der Waals surface area contributed by atoms with Gasteiger partial charge in [0, 0.05) is 25.2 Å². The highest BCUT2D eigenvalue weighted by atomic mass is 19.1. The van der Waals surface area contributed by atoms with Crippen LogP contribution in [0.5, 0.6) is 11.5 Å². The Labute approximate surface area is 210 Å². The normalized spacial score (nSPS) is 21.3. The number of halogens is 1. The molecule has 3 aliphatic heterocycles. The van der Waals surface area contributed by atoms with Crippen molar-refractivity contribution in [3.8, 4) is 11.5 Å². The van der Waals surface area contributed by atoms with Gasteiger partial charge in [-0.15, -0.1) is 0 Å². The molecule has 0 saturated carbocycles. The number of nitrogens with one attached hydrogen (secondary N) is 1. The fraction of sp³-hybridized carbons (Fsp3) is 0.481. The van der Waals surface area contributed by atoms with Crippen molar-refractivity contribution in [3.05, 3.63) is 59.4 Å². The number of carbonyl (C=O) groups is 2. The van der Waals surface area contributed by atoms with Crippen LogP contribution in [0.2, 0.25) is 0 Å². The van der Waals surface area contributed by atoms with Crippen molar-refractivity contribution in [3.63, 3.8) is 0 Å². The van der Waals surface area contributed by atoms with E-state index in [4.69, 9.17) is 9.47 Å². The van der Waals surface area contributed by atoms with Crippen molar-refractivity contribution < 1.29 is 28.6 Å². The average molecular weight is 498 g/mol. The van der Waals surface area contributed by atoms with E-state index >= 15 is 0 Å². The van der Waals surface area contributed by atoms with Gasteiger partial charge in [0.05, 0.1) is 12.0 Å². The Morgan fingerprint density at radius 3 is 2.61 bits per heavy atom. The number of nitrogens with zero attached hydrogens (tertiary/aromatic N) is 2. The third-order valence-electron chi connectivity index (χ3n) is 7.19. The van der Waals surface area contributed by atoms with Crippen LogP contribution >= 0.6 is 0 Å². The highest BCUT2D eigenvalue weighted by molar-refractivity contribution is 5.95. The molecule has 3 atom stereocenters. The fourth-order valence-electron chi connectivity index (χ4n) is 5.22. The molecule has 0 aromatic heterocycles. The Morgan fingerprint density at radius 1 is 1.08 bits per heavy atom. The van der Waals surface area contributed by atoms with Crippen LogP contribution < -0.4 is 14.8 Å². The number of carbonyl (C=O) groups excluding carboxylic acids is 2. The lowest BCUT2D eigenvalue weighted by Crippen LogP contribution is -2.49. The van der Waals surface area contributed by atoms with Gasteiger partial charge in [-0.3, -0.25) is 9.59 Å². The molecule has 192 valence electrons. The standard InChI is InChI=1S/C27H32FN3O5/c28-21-14-20(15-23-25(21)36-13-12-35-23)24(32)22(17-30-9-4-5-10-30)29-26(33)19-8-11-31(16-19)27(34)18-6-2-1-3-7-18/h1-3,6-7,14-15,19,22,24,32H,4-5,8-13,16-17H2,(H,29,33). The van der Waals surface area contributed by atoms with E-state index in [1.165, 1.54) is 6.07 Å². The Bertz CT molecular complexity index is 1090. The van der Waals surface area contributed by atoms with E-state index in [1.54, 1.807) is 23.1 Å². The molecule has 9 heteroatoms. The van der Waals surface area contributed by atoms with Crippen molar-refractivity contribution in [2.24, 2.45) is 5.92 Å². The number of amides is 2. The van der Waals surface area contributed by atoms with Crippen LogP contribution in [-0.4, -0.2) is 78.7 Å². The summed E-state index contributed by atoms with van der Waals surface area (Å²) in [4.78, 5) is 30.0. The molecule has 0 spiro atoms. The molecule has 3 heterocycles. The van der Waals surface area contributed by atoms with Crippen molar-refractivity contribution in [1.82, 2.24) is 15.1 Å². The summed E-state index contributed by atoms with van der Waals surface area (Å²) in [6, 6.07) is 11.2. The SMILES string of the molecule is O=C(NC(CN1CCCC1)C(O)c1cc(F)c2c(c1)OCCO2)C1CCN(C(=O)c2ccccc2)C1. The number of ether oxygens (including phenoxy) is 2. The summed E-state index contributed by atoms with van der Waals surface area (Å²) in [5, 5.41) is 14.3. The van der Waals surface area contributed by atoms with Crippen LogP contribution in [0.15, 0.2) is 42.5 Å². The van der Waals surface area contributed by atoms with E-state index in [9.17, 15) is 19.1 Å². The average Bonchev–Trinajstić information content (AvgIpc) is 3.61. The second kappa shape index (κ2) is 10.8. The maximum absolute atomic E-state index is 14.7. The largest absolute Gasteiger partial charge is 0.486 e. The molecular weight excluding hydrogens is 465 g/mol. The smallest absolute Gasteiger partial charge is 0.253 e. The Kier molecular flexibility index (Phi) is 7.38. The van der Waals surface area contributed by atoms with E-state index in [0.717, 1.165) is 25.9 Å². The highest BCUT2D eigenvalue weighted by Crippen LogP contribution is 2.36. The topological polar surface area (TPSA) is 91.3 Å². The molecule has 2 aromatic rings. The Balaban J connectivity index is 1.29. The van der Waals surface area contributed by atoms with Crippen LogP contribution in [0.25, 0.3) is 0 Å². The van der Waals surface area contributed by atoms with Gasteiger partial charge in [0.1, 0.15) is 19.3 Å². The minimum absolute atomic E-state index is 0.0476. The van der Waals surface area contributed by atoms with Gasteiger partial charge in [-0.25, -0.2) is 4.39 Å². The van der Waals surface area contributed by atoms with Gasteiger partial charge in [0.15, 0.2) is 17.3 Å². The lowest BCUT2D eigenvalue weighted by Gasteiger charge is -2.30. The summed E-state index contributed by atoms with van der Waals surface area (Å²) >= 11 is 0. The maximum atomic E-state index is 14.7. The van der Waals surface area contributed by atoms with Crippen LogP contribution in [0, 0.1) is 11.7 Å². The summed E-state index contributed by atoms with van der Waals surface area (Å²) in [6.45, 7) is 3.62. The van der Waals surface area contributed by atoms with Gasteiger partial charge in [0.2, 0.25) is 5.91 Å². The first-order valence-corrected chi connectivity index (χ1v) is 12.6. The first-order valence-electron chi connectivity index (χ1n) is 12.6. The van der Waals surface area contributed by atoms with Crippen LogP contribution in [0.4, 0.5) is 4.39 Å². The molecule has 2 fully saturated rings. The summed E-state index contributed by atoms with van der Waals surface area (Å²) in [5.74, 6) is -0.967. The van der Waals surface area contributed by atoms with Crippen LogP contribution in [0.3, 0.4) is 0 Å². The monoisotopic (exact) mass is 497 g/mol. The Morgan fingerprint density at radius 2 is 1.83 bits per heavy atom. The number of rotatable bonds is 7. The maximum Gasteiger partial charge on any atom is 0.253 e. The second-order valence-electron chi connectivity index (χ2n) is 9.70. The summed E-state index contributed by atoms with van der Waals surface area (Å²) in [6.07, 6.45) is 1.54.